The second-order valence-corrected chi connectivity index (χ2v) is 4.68. The zero-order chi connectivity index (χ0) is 14.7. The molecule has 0 spiro atoms. The number of rotatable bonds is 4. The summed E-state index contributed by atoms with van der Waals surface area (Å²) in [6.45, 7) is 1.23. The second kappa shape index (κ2) is 6.00. The molecule has 0 aromatic heterocycles. The van der Waals surface area contributed by atoms with Crippen molar-refractivity contribution in [3.63, 3.8) is 0 Å². The van der Waals surface area contributed by atoms with E-state index < -0.39 is 0 Å². The van der Waals surface area contributed by atoms with Crippen LogP contribution in [0.4, 0.5) is 0 Å². The molecular weight excluding hydrogens is 260 g/mol. The molecule has 20 heavy (non-hydrogen) atoms. The van der Waals surface area contributed by atoms with Gasteiger partial charge in [0.05, 0.1) is 26.9 Å². The minimum Gasteiger partial charge on any atom is -0.493 e. The minimum absolute atomic E-state index is 0.0464. The summed E-state index contributed by atoms with van der Waals surface area (Å²) in [5.41, 5.74) is 6.30. The molecule has 1 amide bonds. The highest BCUT2D eigenvalue weighted by atomic mass is 16.5. The summed E-state index contributed by atoms with van der Waals surface area (Å²) in [6, 6.07) is 3.43. The average Bonchev–Trinajstić information content (AvgIpc) is 2.91. The van der Waals surface area contributed by atoms with Crippen LogP contribution in [0.5, 0.6) is 17.2 Å². The molecule has 2 rings (SSSR count). The first-order valence-corrected chi connectivity index (χ1v) is 6.46. The number of hydrogen-bond acceptors (Lipinski definition) is 5. The minimum atomic E-state index is -0.101. The van der Waals surface area contributed by atoms with Crippen molar-refractivity contribution in [3.8, 4) is 17.2 Å². The van der Waals surface area contributed by atoms with E-state index in [9.17, 15) is 4.79 Å². The molecule has 1 aliphatic rings. The van der Waals surface area contributed by atoms with Gasteiger partial charge in [-0.05, 0) is 18.6 Å². The van der Waals surface area contributed by atoms with Crippen molar-refractivity contribution < 1.29 is 19.0 Å². The van der Waals surface area contributed by atoms with Crippen LogP contribution >= 0.6 is 0 Å². The second-order valence-electron chi connectivity index (χ2n) is 4.68. The first-order valence-electron chi connectivity index (χ1n) is 6.46. The third-order valence-corrected chi connectivity index (χ3v) is 3.45. The summed E-state index contributed by atoms with van der Waals surface area (Å²) in [7, 11) is 4.56. The number of ether oxygens (including phenoxy) is 3. The lowest BCUT2D eigenvalue weighted by Gasteiger charge is -2.20. The lowest BCUT2D eigenvalue weighted by Crippen LogP contribution is -2.32. The number of methoxy groups -OCH3 is 3. The Morgan fingerprint density at radius 2 is 1.90 bits per heavy atom. The van der Waals surface area contributed by atoms with Gasteiger partial charge < -0.3 is 24.8 Å². The fourth-order valence-corrected chi connectivity index (χ4v) is 2.41. The van der Waals surface area contributed by atoms with E-state index in [0.717, 1.165) is 6.42 Å². The van der Waals surface area contributed by atoms with E-state index in [1.165, 1.54) is 21.3 Å². The molecule has 1 saturated heterocycles. The summed E-state index contributed by atoms with van der Waals surface area (Å²) in [4.78, 5) is 14.3. The molecule has 0 aliphatic carbocycles. The third kappa shape index (κ3) is 2.51. The normalized spacial score (nSPS) is 18.0. The lowest BCUT2D eigenvalue weighted by molar-refractivity contribution is 0.0786. The molecule has 6 heteroatoms. The van der Waals surface area contributed by atoms with Crippen molar-refractivity contribution in [3.05, 3.63) is 17.7 Å². The van der Waals surface area contributed by atoms with Gasteiger partial charge in [0.1, 0.15) is 0 Å². The smallest absolute Gasteiger partial charge is 0.257 e. The Labute approximate surface area is 118 Å². The maximum atomic E-state index is 12.5. The fourth-order valence-electron chi connectivity index (χ4n) is 2.41. The van der Waals surface area contributed by atoms with Crippen LogP contribution in [0.15, 0.2) is 12.1 Å². The van der Waals surface area contributed by atoms with Crippen molar-refractivity contribution in [1.29, 1.82) is 0 Å². The highest BCUT2D eigenvalue weighted by Crippen LogP contribution is 2.40. The van der Waals surface area contributed by atoms with Gasteiger partial charge >= 0.3 is 0 Å². The number of amides is 1. The van der Waals surface area contributed by atoms with Crippen LogP contribution in [-0.4, -0.2) is 51.3 Å². The van der Waals surface area contributed by atoms with Crippen LogP contribution in [0.25, 0.3) is 0 Å². The molecule has 0 radical (unpaired) electrons. The van der Waals surface area contributed by atoms with Gasteiger partial charge in [-0.15, -0.1) is 0 Å². The monoisotopic (exact) mass is 280 g/mol. The van der Waals surface area contributed by atoms with Gasteiger partial charge in [0.2, 0.25) is 5.75 Å². The fraction of sp³-hybridized carbons (Fsp3) is 0.500. The van der Waals surface area contributed by atoms with Gasteiger partial charge in [0, 0.05) is 19.1 Å². The average molecular weight is 280 g/mol. The summed E-state index contributed by atoms with van der Waals surface area (Å²) >= 11 is 0. The Hall–Kier alpha value is -1.95. The van der Waals surface area contributed by atoms with Gasteiger partial charge in [-0.3, -0.25) is 4.79 Å². The summed E-state index contributed by atoms with van der Waals surface area (Å²) < 4.78 is 15.8. The van der Waals surface area contributed by atoms with Gasteiger partial charge in [-0.25, -0.2) is 0 Å². The van der Waals surface area contributed by atoms with Crippen LogP contribution in [0.2, 0.25) is 0 Å². The van der Waals surface area contributed by atoms with E-state index in [1.54, 1.807) is 17.0 Å². The first kappa shape index (κ1) is 14.5. The number of likely N-dealkylation sites (tertiary alicyclic amines) is 1. The Morgan fingerprint density at radius 3 is 2.40 bits per heavy atom. The number of hydrogen-bond donors (Lipinski definition) is 1. The Balaban J connectivity index is 2.38. The third-order valence-electron chi connectivity index (χ3n) is 3.45. The Kier molecular flexibility index (Phi) is 4.34. The number of carbonyl (C=O) groups excluding carboxylic acids is 1. The van der Waals surface area contributed by atoms with E-state index in [-0.39, 0.29) is 11.9 Å². The molecule has 0 unspecified atom stereocenters. The van der Waals surface area contributed by atoms with Gasteiger partial charge in [0.25, 0.3) is 5.91 Å². The largest absolute Gasteiger partial charge is 0.493 e. The SMILES string of the molecule is COc1ccc(C(=O)N2CC[C@H](N)C2)c(OC)c1OC. The molecule has 6 nitrogen and oxygen atoms in total. The molecule has 1 atom stereocenters. The van der Waals surface area contributed by atoms with Crippen LogP contribution < -0.4 is 19.9 Å². The van der Waals surface area contributed by atoms with Crippen molar-refractivity contribution in [2.75, 3.05) is 34.4 Å². The van der Waals surface area contributed by atoms with E-state index in [0.29, 0.717) is 35.9 Å². The Bertz CT molecular complexity index is 504. The molecule has 1 aliphatic heterocycles. The topological polar surface area (TPSA) is 74.0 Å². The van der Waals surface area contributed by atoms with Crippen molar-refractivity contribution in [2.24, 2.45) is 5.73 Å². The molecule has 110 valence electrons. The highest BCUT2D eigenvalue weighted by molar-refractivity contribution is 5.98. The molecule has 2 N–H and O–H groups in total. The first-order chi connectivity index (χ1) is 9.62. The molecule has 1 fully saturated rings. The molecular formula is C14H20N2O4. The summed E-state index contributed by atoms with van der Waals surface area (Å²) in [5.74, 6) is 1.23. The number of nitrogens with zero attached hydrogens (tertiary/aromatic N) is 1. The van der Waals surface area contributed by atoms with E-state index in [1.807, 2.05) is 0 Å². The standard InChI is InChI=1S/C14H20N2O4/c1-18-11-5-4-10(12(19-2)13(11)20-3)14(17)16-7-6-9(15)8-16/h4-5,9H,6-8,15H2,1-3H3/t9-/m0/s1. The van der Waals surface area contributed by atoms with Gasteiger partial charge in [-0.1, -0.05) is 0 Å². The number of nitrogens with two attached hydrogens (primary N) is 1. The predicted molar refractivity (Wildman–Crippen MR) is 74.6 cm³/mol. The summed E-state index contributed by atoms with van der Waals surface area (Å²) in [5, 5.41) is 0. The molecule has 1 heterocycles. The maximum Gasteiger partial charge on any atom is 0.257 e. The zero-order valence-electron chi connectivity index (χ0n) is 12.0. The molecule has 1 aromatic carbocycles. The lowest BCUT2D eigenvalue weighted by atomic mass is 10.1. The van der Waals surface area contributed by atoms with Crippen molar-refractivity contribution in [2.45, 2.75) is 12.5 Å². The van der Waals surface area contributed by atoms with Crippen LogP contribution in [0.1, 0.15) is 16.8 Å². The van der Waals surface area contributed by atoms with Crippen LogP contribution in [0.3, 0.4) is 0 Å². The highest BCUT2D eigenvalue weighted by Gasteiger charge is 2.28. The van der Waals surface area contributed by atoms with E-state index in [2.05, 4.69) is 0 Å². The Morgan fingerprint density at radius 1 is 1.20 bits per heavy atom. The number of carbonyl (C=O) groups is 1. The molecule has 0 bridgehead atoms. The predicted octanol–water partition coefficient (Wildman–Crippen LogP) is 0.886. The maximum absolute atomic E-state index is 12.5. The molecule has 0 saturated carbocycles. The van der Waals surface area contributed by atoms with E-state index >= 15 is 0 Å². The van der Waals surface area contributed by atoms with Crippen molar-refractivity contribution >= 4 is 5.91 Å². The quantitative estimate of drug-likeness (QED) is 0.886. The van der Waals surface area contributed by atoms with Crippen LogP contribution in [0, 0.1) is 0 Å². The van der Waals surface area contributed by atoms with Crippen LogP contribution in [-0.2, 0) is 0 Å². The van der Waals surface area contributed by atoms with E-state index in [4.69, 9.17) is 19.9 Å². The van der Waals surface area contributed by atoms with Gasteiger partial charge in [0.15, 0.2) is 11.5 Å². The van der Waals surface area contributed by atoms with Crippen molar-refractivity contribution in [1.82, 2.24) is 4.90 Å². The van der Waals surface area contributed by atoms with Gasteiger partial charge in [-0.2, -0.15) is 0 Å². The molecule has 1 aromatic rings. The summed E-state index contributed by atoms with van der Waals surface area (Å²) in [6.07, 6.45) is 0.821. The number of benzene rings is 1. The zero-order valence-corrected chi connectivity index (χ0v) is 12.0.